The van der Waals surface area contributed by atoms with E-state index in [1.807, 2.05) is 35.0 Å². The number of imidazole rings is 1. The first-order valence-electron chi connectivity index (χ1n) is 6.62. The molecule has 0 saturated heterocycles. The molecule has 0 unspecified atom stereocenters. The van der Waals surface area contributed by atoms with Crippen LogP contribution in [0.3, 0.4) is 0 Å². The van der Waals surface area contributed by atoms with Crippen LogP contribution in [-0.2, 0) is 17.8 Å². The van der Waals surface area contributed by atoms with Crippen LogP contribution in [-0.4, -0.2) is 36.1 Å². The second-order valence-electron chi connectivity index (χ2n) is 4.74. The number of fused-ring (bicyclic) bond motifs is 3. The van der Waals surface area contributed by atoms with Gasteiger partial charge in [-0.1, -0.05) is 17.2 Å². The number of nitrogens with one attached hydrogen (secondary N) is 2. The van der Waals surface area contributed by atoms with Gasteiger partial charge >= 0.3 is 0 Å². The van der Waals surface area contributed by atoms with Gasteiger partial charge in [0, 0.05) is 6.20 Å². The number of carbonyl (C=O) groups excluding carboxylic acids is 1. The van der Waals surface area contributed by atoms with Crippen molar-refractivity contribution >= 4 is 11.9 Å². The Labute approximate surface area is 124 Å². The van der Waals surface area contributed by atoms with Crippen molar-refractivity contribution in [2.24, 2.45) is 0 Å². The molecule has 0 aliphatic carbocycles. The molecule has 0 spiro atoms. The average molecular weight is 297 g/mol. The summed E-state index contributed by atoms with van der Waals surface area (Å²) in [5.74, 6) is 1.45. The number of hydrogen-bond acceptors (Lipinski definition) is 6. The lowest BCUT2D eigenvalue weighted by atomic mass is 10.2. The fraction of sp³-hybridized carbons (Fsp3) is 0.154. The zero-order valence-electron chi connectivity index (χ0n) is 11.4. The monoisotopic (exact) mass is 297 g/mol. The molecule has 3 heterocycles. The van der Waals surface area contributed by atoms with Crippen LogP contribution in [0.25, 0.3) is 5.69 Å². The van der Waals surface area contributed by atoms with Crippen LogP contribution in [0, 0.1) is 0 Å². The van der Waals surface area contributed by atoms with Gasteiger partial charge in [0.1, 0.15) is 12.4 Å². The van der Waals surface area contributed by atoms with E-state index in [0.29, 0.717) is 12.3 Å². The minimum atomic E-state index is -0.258. The molecule has 9 heteroatoms. The number of amides is 1. The lowest BCUT2D eigenvalue weighted by Crippen LogP contribution is -2.15. The molecule has 1 aliphatic heterocycles. The predicted molar refractivity (Wildman–Crippen MR) is 74.4 cm³/mol. The molecular formula is C13H11N7O2. The minimum Gasteiger partial charge on any atom is -0.483 e. The Morgan fingerprint density at radius 1 is 1.41 bits per heavy atom. The number of tetrazole rings is 1. The normalized spacial score (nSPS) is 12.2. The molecule has 2 N–H and O–H groups in total. The van der Waals surface area contributed by atoms with Crippen LogP contribution in [0.15, 0.2) is 30.5 Å². The lowest BCUT2D eigenvalue weighted by Gasteiger charge is -2.18. The number of nitrogens with zero attached hydrogens (tertiary/aromatic N) is 5. The summed E-state index contributed by atoms with van der Waals surface area (Å²) >= 11 is 0. The molecule has 110 valence electrons. The Hall–Kier alpha value is -3.23. The molecule has 1 aromatic carbocycles. The molecule has 0 atom stereocenters. The number of benzene rings is 1. The third-order valence-electron chi connectivity index (χ3n) is 3.25. The van der Waals surface area contributed by atoms with Crippen LogP contribution in [0.4, 0.5) is 5.95 Å². The van der Waals surface area contributed by atoms with E-state index in [4.69, 9.17) is 4.74 Å². The average Bonchev–Trinajstić information content (AvgIpc) is 3.16. The molecule has 0 bridgehead atoms. The van der Waals surface area contributed by atoms with Gasteiger partial charge in [-0.3, -0.25) is 14.7 Å². The van der Waals surface area contributed by atoms with Crippen molar-refractivity contribution in [1.29, 1.82) is 0 Å². The van der Waals surface area contributed by atoms with Gasteiger partial charge in [0.05, 0.1) is 17.8 Å². The molecule has 4 rings (SSSR count). The highest BCUT2D eigenvalue weighted by molar-refractivity contribution is 5.90. The van der Waals surface area contributed by atoms with Crippen molar-refractivity contribution in [3.05, 3.63) is 42.0 Å². The van der Waals surface area contributed by atoms with E-state index in [9.17, 15) is 4.79 Å². The van der Waals surface area contributed by atoms with Gasteiger partial charge in [0.2, 0.25) is 5.91 Å². The Balaban J connectivity index is 1.56. The number of hydrogen-bond donors (Lipinski definition) is 2. The largest absolute Gasteiger partial charge is 0.483 e. The molecule has 22 heavy (non-hydrogen) atoms. The summed E-state index contributed by atoms with van der Waals surface area (Å²) in [5, 5.41) is 15.5. The maximum atomic E-state index is 11.9. The Morgan fingerprint density at radius 3 is 3.18 bits per heavy atom. The fourth-order valence-electron chi connectivity index (χ4n) is 2.34. The third-order valence-corrected chi connectivity index (χ3v) is 3.25. The van der Waals surface area contributed by atoms with E-state index in [1.165, 1.54) is 0 Å². The Kier molecular flexibility index (Phi) is 2.81. The highest BCUT2D eigenvalue weighted by Gasteiger charge is 2.19. The smallest absolute Gasteiger partial charge is 0.269 e. The van der Waals surface area contributed by atoms with E-state index in [0.717, 1.165) is 17.3 Å². The number of carbonyl (C=O) groups is 1. The second-order valence-corrected chi connectivity index (χ2v) is 4.74. The maximum absolute atomic E-state index is 11.9. The number of anilines is 1. The first kappa shape index (κ1) is 12.5. The Bertz CT molecular complexity index is 825. The van der Waals surface area contributed by atoms with Crippen molar-refractivity contribution in [2.45, 2.75) is 13.0 Å². The molecule has 0 fully saturated rings. The quantitative estimate of drug-likeness (QED) is 0.726. The summed E-state index contributed by atoms with van der Waals surface area (Å²) in [6.07, 6.45) is 1.96. The molecule has 1 amide bonds. The number of ether oxygens (including phenoxy) is 1. The van der Waals surface area contributed by atoms with Crippen molar-refractivity contribution in [3.63, 3.8) is 0 Å². The molecule has 9 nitrogen and oxygen atoms in total. The zero-order valence-corrected chi connectivity index (χ0v) is 11.4. The third kappa shape index (κ3) is 2.18. The molecule has 3 aromatic rings. The van der Waals surface area contributed by atoms with Crippen LogP contribution in [0.5, 0.6) is 5.75 Å². The van der Waals surface area contributed by atoms with Crippen molar-refractivity contribution in [3.8, 4) is 11.4 Å². The molecule has 0 saturated carbocycles. The maximum Gasteiger partial charge on any atom is 0.269 e. The SMILES string of the molecule is O=C(Cc1cn2c(n1)COc1ccccc1-2)Nc1nn[nH]n1. The van der Waals surface area contributed by atoms with E-state index in [-0.39, 0.29) is 18.3 Å². The zero-order chi connectivity index (χ0) is 14.9. The summed E-state index contributed by atoms with van der Waals surface area (Å²) in [5.41, 5.74) is 1.57. The van der Waals surface area contributed by atoms with Crippen LogP contribution in [0.1, 0.15) is 11.5 Å². The van der Waals surface area contributed by atoms with Gasteiger partial charge in [-0.2, -0.15) is 5.21 Å². The number of rotatable bonds is 3. The van der Waals surface area contributed by atoms with Crippen molar-refractivity contribution < 1.29 is 9.53 Å². The molecule has 2 aromatic heterocycles. The van der Waals surface area contributed by atoms with E-state index in [2.05, 4.69) is 30.9 Å². The van der Waals surface area contributed by atoms with Crippen molar-refractivity contribution in [2.75, 3.05) is 5.32 Å². The van der Waals surface area contributed by atoms with Crippen LogP contribution < -0.4 is 10.1 Å². The molecule has 0 radical (unpaired) electrons. The summed E-state index contributed by atoms with van der Waals surface area (Å²) in [6.45, 7) is 0.378. The summed E-state index contributed by atoms with van der Waals surface area (Å²) in [6, 6.07) is 7.70. The standard InChI is InChI=1S/C13H11N7O2/c21-12(15-13-16-18-19-17-13)5-8-6-20-9-3-1-2-4-10(9)22-7-11(20)14-8/h1-4,6H,5,7H2,(H2,15,16,17,18,19,21). The van der Waals surface area contributed by atoms with Gasteiger partial charge in [-0.15, -0.1) is 5.10 Å². The number of para-hydroxylation sites is 2. The molecular weight excluding hydrogens is 286 g/mol. The Morgan fingerprint density at radius 2 is 2.32 bits per heavy atom. The highest BCUT2D eigenvalue weighted by Crippen LogP contribution is 2.29. The second kappa shape index (κ2) is 4.95. The molecule has 1 aliphatic rings. The number of aromatic nitrogens is 6. The first-order chi connectivity index (χ1) is 10.8. The van der Waals surface area contributed by atoms with Crippen LogP contribution >= 0.6 is 0 Å². The topological polar surface area (TPSA) is 111 Å². The van der Waals surface area contributed by atoms with Gasteiger partial charge in [0.15, 0.2) is 5.82 Å². The van der Waals surface area contributed by atoms with Gasteiger partial charge in [-0.05, 0) is 17.3 Å². The van der Waals surface area contributed by atoms with Gasteiger partial charge in [-0.25, -0.2) is 4.98 Å². The van der Waals surface area contributed by atoms with E-state index in [1.54, 1.807) is 0 Å². The predicted octanol–water partition coefficient (Wildman–Crippen LogP) is 0.459. The van der Waals surface area contributed by atoms with Gasteiger partial charge in [0.25, 0.3) is 5.95 Å². The fourth-order valence-corrected chi connectivity index (χ4v) is 2.34. The minimum absolute atomic E-state index is 0.122. The van der Waals surface area contributed by atoms with Crippen molar-refractivity contribution in [1.82, 2.24) is 30.2 Å². The lowest BCUT2D eigenvalue weighted by molar-refractivity contribution is -0.115. The summed E-state index contributed by atoms with van der Waals surface area (Å²) in [4.78, 5) is 16.4. The van der Waals surface area contributed by atoms with Crippen LogP contribution in [0.2, 0.25) is 0 Å². The van der Waals surface area contributed by atoms with Gasteiger partial charge < -0.3 is 4.74 Å². The van der Waals surface area contributed by atoms with E-state index >= 15 is 0 Å². The summed E-state index contributed by atoms with van der Waals surface area (Å²) < 4.78 is 7.58. The van der Waals surface area contributed by atoms with E-state index < -0.39 is 0 Å². The number of aromatic amines is 1. The first-order valence-corrected chi connectivity index (χ1v) is 6.62. The highest BCUT2D eigenvalue weighted by atomic mass is 16.5. The summed E-state index contributed by atoms with van der Waals surface area (Å²) in [7, 11) is 0. The number of H-pyrrole nitrogens is 1.